The molecule has 0 unspecified atom stereocenters. The van der Waals surface area contributed by atoms with Crippen molar-refractivity contribution in [3.05, 3.63) is 54.0 Å². The predicted octanol–water partition coefficient (Wildman–Crippen LogP) is 5.00. The molecule has 0 radical (unpaired) electrons. The molecule has 0 spiro atoms. The van der Waals surface area contributed by atoms with Crippen molar-refractivity contribution in [2.75, 3.05) is 5.32 Å². The Morgan fingerprint density at radius 3 is 2.17 bits per heavy atom. The first-order valence-electron chi connectivity index (χ1n) is 9.17. The van der Waals surface area contributed by atoms with Gasteiger partial charge in [0.2, 0.25) is 0 Å². The molecule has 4 aliphatic rings. The van der Waals surface area contributed by atoms with Crippen LogP contribution in [0.25, 0.3) is 0 Å². The summed E-state index contributed by atoms with van der Waals surface area (Å²) in [6, 6.07) is 13.5. The molecule has 3 nitrogen and oxygen atoms in total. The van der Waals surface area contributed by atoms with Gasteiger partial charge in [-0.1, -0.05) is 18.2 Å². The van der Waals surface area contributed by atoms with E-state index in [-0.39, 0.29) is 11.3 Å². The van der Waals surface area contributed by atoms with Crippen LogP contribution in [0, 0.1) is 17.8 Å². The highest BCUT2D eigenvalue weighted by atomic mass is 16.4. The van der Waals surface area contributed by atoms with Crippen molar-refractivity contribution in [2.24, 2.45) is 17.8 Å². The van der Waals surface area contributed by atoms with E-state index in [0.29, 0.717) is 5.76 Å². The third-order valence-electron chi connectivity index (χ3n) is 6.42. The number of rotatable bonds is 3. The monoisotopic (exact) mass is 321 g/mol. The molecule has 4 bridgehead atoms. The van der Waals surface area contributed by atoms with E-state index in [4.69, 9.17) is 4.42 Å². The lowest BCUT2D eigenvalue weighted by molar-refractivity contribution is -0.0154. The first-order chi connectivity index (χ1) is 11.7. The molecule has 1 aromatic carbocycles. The molecular weight excluding hydrogens is 298 g/mol. The molecule has 0 aliphatic heterocycles. The molecule has 3 heteroatoms. The van der Waals surface area contributed by atoms with Gasteiger partial charge in [-0.3, -0.25) is 4.79 Å². The van der Waals surface area contributed by atoms with Crippen molar-refractivity contribution in [1.29, 1.82) is 0 Å². The van der Waals surface area contributed by atoms with Crippen LogP contribution in [0.1, 0.15) is 54.8 Å². The topological polar surface area (TPSA) is 42.2 Å². The molecule has 4 fully saturated rings. The molecule has 0 saturated heterocycles. The van der Waals surface area contributed by atoms with Gasteiger partial charge in [-0.15, -0.1) is 0 Å². The number of para-hydroxylation sites is 1. The van der Waals surface area contributed by atoms with Gasteiger partial charge in [0.25, 0.3) is 5.91 Å². The van der Waals surface area contributed by atoms with Crippen LogP contribution in [0.3, 0.4) is 0 Å². The Kier molecular flexibility index (Phi) is 3.12. The second kappa shape index (κ2) is 5.23. The molecule has 4 saturated carbocycles. The first kappa shape index (κ1) is 14.3. The van der Waals surface area contributed by atoms with Crippen LogP contribution in [0.5, 0.6) is 0 Å². The Morgan fingerprint density at radius 1 is 0.917 bits per heavy atom. The Hall–Kier alpha value is -2.03. The molecule has 2 aromatic rings. The minimum absolute atomic E-state index is 0.155. The smallest absolute Gasteiger partial charge is 0.291 e. The van der Waals surface area contributed by atoms with E-state index in [1.54, 1.807) is 0 Å². The summed E-state index contributed by atoms with van der Waals surface area (Å²) >= 11 is 0. The summed E-state index contributed by atoms with van der Waals surface area (Å²) in [5.74, 6) is 3.97. The number of amides is 1. The van der Waals surface area contributed by atoms with E-state index in [9.17, 15) is 4.79 Å². The predicted molar refractivity (Wildman–Crippen MR) is 93.0 cm³/mol. The maximum atomic E-state index is 12.4. The Labute approximate surface area is 142 Å². The third kappa shape index (κ3) is 2.29. The summed E-state index contributed by atoms with van der Waals surface area (Å²) in [6.07, 6.45) is 8.02. The molecular formula is C21H23NO2. The van der Waals surface area contributed by atoms with E-state index in [2.05, 4.69) is 11.4 Å². The molecule has 1 aromatic heterocycles. The maximum absolute atomic E-state index is 12.4. The highest BCUT2D eigenvalue weighted by molar-refractivity contribution is 6.02. The molecule has 4 aliphatic carbocycles. The van der Waals surface area contributed by atoms with Gasteiger partial charge < -0.3 is 9.73 Å². The highest BCUT2D eigenvalue weighted by Crippen LogP contribution is 2.60. The number of carbonyl (C=O) groups is 1. The third-order valence-corrected chi connectivity index (χ3v) is 6.42. The zero-order chi connectivity index (χ0) is 16.1. The maximum Gasteiger partial charge on any atom is 0.291 e. The van der Waals surface area contributed by atoms with Gasteiger partial charge >= 0.3 is 0 Å². The Morgan fingerprint density at radius 2 is 1.54 bits per heavy atom. The van der Waals surface area contributed by atoms with Crippen LogP contribution < -0.4 is 5.32 Å². The van der Waals surface area contributed by atoms with Gasteiger partial charge in [-0.2, -0.15) is 0 Å². The zero-order valence-electron chi connectivity index (χ0n) is 13.8. The summed E-state index contributed by atoms with van der Waals surface area (Å²) in [6.45, 7) is 0. The second-order valence-electron chi connectivity index (χ2n) is 8.18. The van der Waals surface area contributed by atoms with Gasteiger partial charge in [0.1, 0.15) is 5.76 Å². The average molecular weight is 321 g/mol. The standard InChI is InChI=1S/C21H23NO2/c23-20(22-17-4-2-1-3-5-17)18-6-7-19(24-18)21-11-14-8-15(12-21)10-16(9-14)13-21/h1-7,14-16H,8-13H2,(H,22,23). The number of anilines is 1. The van der Waals surface area contributed by atoms with Crippen LogP contribution >= 0.6 is 0 Å². The molecule has 0 atom stereocenters. The fraction of sp³-hybridized carbons (Fsp3) is 0.476. The number of benzene rings is 1. The van der Waals surface area contributed by atoms with Gasteiger partial charge in [0.05, 0.1) is 0 Å². The molecule has 24 heavy (non-hydrogen) atoms. The van der Waals surface area contributed by atoms with Gasteiger partial charge in [-0.25, -0.2) is 0 Å². The molecule has 124 valence electrons. The summed E-state index contributed by atoms with van der Waals surface area (Å²) in [7, 11) is 0. The quantitative estimate of drug-likeness (QED) is 0.864. The summed E-state index contributed by atoms with van der Waals surface area (Å²) in [4.78, 5) is 12.4. The number of hydrogen-bond acceptors (Lipinski definition) is 2. The Bertz CT molecular complexity index is 726. The van der Waals surface area contributed by atoms with E-state index >= 15 is 0 Å². The van der Waals surface area contributed by atoms with Crippen molar-refractivity contribution < 1.29 is 9.21 Å². The fourth-order valence-corrected chi connectivity index (χ4v) is 5.87. The van der Waals surface area contributed by atoms with E-state index < -0.39 is 0 Å². The minimum Gasteiger partial charge on any atom is -0.455 e. The van der Waals surface area contributed by atoms with E-state index in [1.165, 1.54) is 38.5 Å². The molecule has 6 rings (SSSR count). The lowest BCUT2D eigenvalue weighted by Gasteiger charge is -2.55. The van der Waals surface area contributed by atoms with Crippen molar-refractivity contribution in [3.63, 3.8) is 0 Å². The number of furan rings is 1. The Balaban J connectivity index is 1.38. The summed E-state index contributed by atoms with van der Waals surface area (Å²) in [5, 5.41) is 2.91. The van der Waals surface area contributed by atoms with Gasteiger partial charge in [0.15, 0.2) is 5.76 Å². The average Bonchev–Trinajstić information content (AvgIpc) is 3.05. The van der Waals surface area contributed by atoms with Crippen LogP contribution in [-0.2, 0) is 5.41 Å². The first-order valence-corrected chi connectivity index (χ1v) is 9.17. The normalized spacial score (nSPS) is 33.6. The van der Waals surface area contributed by atoms with Crippen molar-refractivity contribution in [1.82, 2.24) is 0 Å². The molecule has 1 amide bonds. The summed E-state index contributed by atoms with van der Waals surface area (Å²) in [5.41, 5.74) is 1.01. The van der Waals surface area contributed by atoms with Crippen molar-refractivity contribution >= 4 is 11.6 Å². The minimum atomic E-state index is -0.155. The van der Waals surface area contributed by atoms with Gasteiger partial charge in [0, 0.05) is 11.1 Å². The van der Waals surface area contributed by atoms with Crippen LogP contribution in [0.15, 0.2) is 46.9 Å². The second-order valence-corrected chi connectivity index (χ2v) is 8.18. The molecule has 1 heterocycles. The van der Waals surface area contributed by atoms with E-state index in [0.717, 1.165) is 29.2 Å². The fourth-order valence-electron chi connectivity index (χ4n) is 5.87. The highest BCUT2D eigenvalue weighted by Gasteiger charge is 2.53. The van der Waals surface area contributed by atoms with Crippen LogP contribution in [0.2, 0.25) is 0 Å². The van der Waals surface area contributed by atoms with Crippen molar-refractivity contribution in [2.45, 2.75) is 43.9 Å². The largest absolute Gasteiger partial charge is 0.455 e. The number of hydrogen-bond donors (Lipinski definition) is 1. The number of nitrogens with one attached hydrogen (secondary N) is 1. The number of carbonyl (C=O) groups excluding carboxylic acids is 1. The lowest BCUT2D eigenvalue weighted by atomic mass is 9.49. The van der Waals surface area contributed by atoms with Crippen LogP contribution in [-0.4, -0.2) is 5.91 Å². The SMILES string of the molecule is O=C(Nc1ccccc1)c1ccc(C23CC4CC(CC(C4)C2)C3)o1. The zero-order valence-corrected chi connectivity index (χ0v) is 13.8. The van der Waals surface area contributed by atoms with E-state index in [1.807, 2.05) is 36.4 Å². The van der Waals surface area contributed by atoms with Crippen LogP contribution in [0.4, 0.5) is 5.69 Å². The summed E-state index contributed by atoms with van der Waals surface area (Å²) < 4.78 is 6.09. The van der Waals surface area contributed by atoms with Crippen molar-refractivity contribution in [3.8, 4) is 0 Å². The van der Waals surface area contributed by atoms with Gasteiger partial charge in [-0.05, 0) is 80.5 Å². The molecule has 1 N–H and O–H groups in total. The lowest BCUT2D eigenvalue weighted by Crippen LogP contribution is -2.48.